The molecule has 0 fully saturated rings. The molecule has 2 heterocycles. The van der Waals surface area contributed by atoms with E-state index in [-0.39, 0.29) is 11.6 Å². The zero-order valence-corrected chi connectivity index (χ0v) is 15.9. The molecule has 0 radical (unpaired) electrons. The van der Waals surface area contributed by atoms with E-state index < -0.39 is 0 Å². The number of hydrogen-bond donors (Lipinski definition) is 3. The van der Waals surface area contributed by atoms with E-state index >= 15 is 0 Å². The Morgan fingerprint density at radius 3 is 2.82 bits per heavy atom. The first-order chi connectivity index (χ1) is 13.5. The number of nitrogens with one attached hydrogen (secondary N) is 1. The van der Waals surface area contributed by atoms with E-state index in [9.17, 15) is 5.11 Å². The van der Waals surface area contributed by atoms with Crippen molar-refractivity contribution in [3.05, 3.63) is 71.3 Å². The molecule has 0 aliphatic heterocycles. The molecule has 3 aromatic rings. The first-order valence-corrected chi connectivity index (χ1v) is 9.10. The maximum Gasteiger partial charge on any atom is 0.185 e. The number of aromatic nitrogens is 3. The lowest BCUT2D eigenvalue weighted by atomic mass is 10.1. The maximum absolute atomic E-state index is 10.8. The smallest absolute Gasteiger partial charge is 0.185 e. The fourth-order valence-corrected chi connectivity index (χ4v) is 3.35. The number of pyridine rings is 1. The second-order valence-corrected chi connectivity index (χ2v) is 6.85. The minimum atomic E-state index is -0.0273. The molecule has 4 N–H and O–H groups in total. The summed E-state index contributed by atoms with van der Waals surface area (Å²) in [6.45, 7) is 2.02. The minimum Gasteiger partial charge on any atom is -0.503 e. The van der Waals surface area contributed by atoms with Gasteiger partial charge < -0.3 is 16.2 Å². The van der Waals surface area contributed by atoms with E-state index in [0.717, 1.165) is 21.9 Å². The van der Waals surface area contributed by atoms with Crippen molar-refractivity contribution in [2.24, 2.45) is 0 Å². The largest absolute Gasteiger partial charge is 0.503 e. The average Bonchev–Trinajstić information content (AvgIpc) is 2.90. The third kappa shape index (κ3) is 3.30. The van der Waals surface area contributed by atoms with Crippen molar-refractivity contribution in [1.29, 1.82) is 0 Å². The first-order valence-electron chi connectivity index (χ1n) is 8.72. The van der Waals surface area contributed by atoms with Crippen LogP contribution in [-0.4, -0.2) is 20.1 Å². The Balaban J connectivity index is 1.73. The number of hydrogen-bond acceptors (Lipinski definition) is 6. The lowest BCUT2D eigenvalue weighted by molar-refractivity contribution is 0.470. The predicted octanol–water partition coefficient (Wildman–Crippen LogP) is 5.00. The highest BCUT2D eigenvalue weighted by Gasteiger charge is 2.16. The van der Waals surface area contributed by atoms with Crippen LogP contribution in [0.5, 0.6) is 5.75 Å². The van der Waals surface area contributed by atoms with E-state index in [2.05, 4.69) is 20.3 Å². The SMILES string of the molecule is CC1=CC=C(c2ncnc(Nc3ccc4c(N)nccc4c3Cl)c2O)CC=C1. The van der Waals surface area contributed by atoms with Gasteiger partial charge in [0.2, 0.25) is 0 Å². The second kappa shape index (κ2) is 7.32. The number of fused-ring (bicyclic) bond motifs is 1. The molecular formula is C21H18ClN5O. The van der Waals surface area contributed by atoms with Gasteiger partial charge in [-0.25, -0.2) is 15.0 Å². The van der Waals surface area contributed by atoms with Gasteiger partial charge in [-0.05, 0) is 37.1 Å². The topological polar surface area (TPSA) is 97.0 Å². The summed E-state index contributed by atoms with van der Waals surface area (Å²) in [7, 11) is 0. The molecule has 1 aliphatic carbocycles. The van der Waals surface area contributed by atoms with E-state index in [0.29, 0.717) is 28.6 Å². The molecule has 1 aromatic carbocycles. The Hall–Kier alpha value is -3.38. The Morgan fingerprint density at radius 2 is 1.96 bits per heavy atom. The summed E-state index contributed by atoms with van der Waals surface area (Å²) < 4.78 is 0. The number of nitrogens with two attached hydrogens (primary N) is 1. The molecule has 0 saturated heterocycles. The van der Waals surface area contributed by atoms with Gasteiger partial charge in [0.25, 0.3) is 0 Å². The highest BCUT2D eigenvalue weighted by Crippen LogP contribution is 2.37. The van der Waals surface area contributed by atoms with Crippen molar-refractivity contribution in [1.82, 2.24) is 15.0 Å². The van der Waals surface area contributed by atoms with Crippen molar-refractivity contribution in [3.63, 3.8) is 0 Å². The number of nitrogen functional groups attached to an aromatic ring is 1. The zero-order chi connectivity index (χ0) is 19.7. The molecule has 6 nitrogen and oxygen atoms in total. The number of aromatic hydroxyl groups is 1. The lowest BCUT2D eigenvalue weighted by Crippen LogP contribution is -2.00. The van der Waals surface area contributed by atoms with Crippen LogP contribution >= 0.6 is 11.6 Å². The minimum absolute atomic E-state index is 0.0273. The van der Waals surface area contributed by atoms with Gasteiger partial charge >= 0.3 is 0 Å². The van der Waals surface area contributed by atoms with Crippen LogP contribution < -0.4 is 11.1 Å². The van der Waals surface area contributed by atoms with E-state index in [1.165, 1.54) is 6.33 Å². The monoisotopic (exact) mass is 391 g/mol. The summed E-state index contributed by atoms with van der Waals surface area (Å²) in [6.07, 6.45) is 11.7. The summed E-state index contributed by atoms with van der Waals surface area (Å²) >= 11 is 6.54. The van der Waals surface area contributed by atoms with E-state index in [4.69, 9.17) is 17.3 Å². The fraction of sp³-hybridized carbons (Fsp3) is 0.0952. The molecule has 0 bridgehead atoms. The molecule has 0 atom stereocenters. The summed E-state index contributed by atoms with van der Waals surface area (Å²) in [5.41, 5.74) is 9.04. The number of halogens is 1. The standard InChI is InChI=1S/C21H18ClN5O/c1-12-3-2-4-13(6-5-12)18-19(28)21(26-11-25-18)27-16-8-7-15-14(17(16)22)9-10-24-20(15)23/h2-3,5-11,28H,4H2,1H3,(H2,23,24)(H,25,26,27). The molecule has 0 spiro atoms. The van der Waals surface area contributed by atoms with Crippen molar-refractivity contribution in [2.75, 3.05) is 11.1 Å². The maximum atomic E-state index is 10.8. The average molecular weight is 392 g/mol. The molecule has 1 aliphatic rings. The quantitative estimate of drug-likeness (QED) is 0.581. The van der Waals surface area contributed by atoms with Gasteiger partial charge in [-0.15, -0.1) is 0 Å². The summed E-state index contributed by atoms with van der Waals surface area (Å²) in [5, 5.41) is 15.9. The second-order valence-electron chi connectivity index (χ2n) is 6.47. The van der Waals surface area contributed by atoms with Crippen LogP contribution in [0.3, 0.4) is 0 Å². The fourth-order valence-electron chi connectivity index (χ4n) is 3.07. The Kier molecular flexibility index (Phi) is 4.71. The zero-order valence-electron chi connectivity index (χ0n) is 15.1. The van der Waals surface area contributed by atoms with Crippen LogP contribution in [0, 0.1) is 0 Å². The Bertz CT molecular complexity index is 1170. The number of anilines is 3. The van der Waals surface area contributed by atoms with Crippen molar-refractivity contribution in [3.8, 4) is 5.75 Å². The number of allylic oxidation sites excluding steroid dienone is 6. The number of nitrogens with zero attached hydrogens (tertiary/aromatic N) is 3. The normalized spacial score (nSPS) is 13.8. The van der Waals surface area contributed by atoms with Gasteiger partial charge in [-0.1, -0.05) is 41.5 Å². The van der Waals surface area contributed by atoms with Crippen LogP contribution in [0.2, 0.25) is 5.02 Å². The highest BCUT2D eigenvalue weighted by atomic mass is 35.5. The molecule has 28 heavy (non-hydrogen) atoms. The van der Waals surface area contributed by atoms with E-state index in [1.807, 2.05) is 37.3 Å². The van der Waals surface area contributed by atoms with Crippen LogP contribution in [-0.2, 0) is 0 Å². The van der Waals surface area contributed by atoms with Crippen LogP contribution in [0.25, 0.3) is 16.3 Å². The van der Waals surface area contributed by atoms with Gasteiger partial charge in [-0.3, -0.25) is 0 Å². The third-order valence-electron chi connectivity index (χ3n) is 4.56. The first kappa shape index (κ1) is 18.0. The molecule has 0 unspecified atom stereocenters. The van der Waals surface area contributed by atoms with Gasteiger partial charge in [0.05, 0.1) is 10.7 Å². The van der Waals surface area contributed by atoms with Crippen LogP contribution in [0.1, 0.15) is 19.0 Å². The highest BCUT2D eigenvalue weighted by molar-refractivity contribution is 6.38. The van der Waals surface area contributed by atoms with Crippen LogP contribution in [0.4, 0.5) is 17.3 Å². The van der Waals surface area contributed by atoms with Crippen LogP contribution in [0.15, 0.2) is 60.6 Å². The molecule has 7 heteroatoms. The van der Waals surface area contributed by atoms with E-state index in [1.54, 1.807) is 18.3 Å². The predicted molar refractivity (Wildman–Crippen MR) is 114 cm³/mol. The summed E-state index contributed by atoms with van der Waals surface area (Å²) in [5.74, 6) is 0.665. The third-order valence-corrected chi connectivity index (χ3v) is 4.96. The molecule has 0 amide bonds. The van der Waals surface area contributed by atoms with Gasteiger partial charge in [-0.2, -0.15) is 0 Å². The molecule has 2 aromatic heterocycles. The Morgan fingerprint density at radius 1 is 1.11 bits per heavy atom. The van der Waals surface area contributed by atoms with Gasteiger partial charge in [0.1, 0.15) is 17.8 Å². The molecule has 140 valence electrons. The molecule has 4 rings (SSSR count). The molecule has 0 saturated carbocycles. The Labute approximate surface area is 167 Å². The van der Waals surface area contributed by atoms with Crippen molar-refractivity contribution >= 4 is 45.3 Å². The van der Waals surface area contributed by atoms with Gasteiger partial charge in [0.15, 0.2) is 11.6 Å². The number of rotatable bonds is 3. The number of benzene rings is 1. The van der Waals surface area contributed by atoms with Crippen molar-refractivity contribution in [2.45, 2.75) is 13.3 Å². The van der Waals surface area contributed by atoms with Crippen molar-refractivity contribution < 1.29 is 5.11 Å². The molecular weight excluding hydrogens is 374 g/mol. The summed E-state index contributed by atoms with van der Waals surface area (Å²) in [6, 6.07) is 5.41. The van der Waals surface area contributed by atoms with Gasteiger partial charge in [0, 0.05) is 17.0 Å². The summed E-state index contributed by atoms with van der Waals surface area (Å²) in [4.78, 5) is 12.5. The lowest BCUT2D eigenvalue weighted by Gasteiger charge is -2.13.